The molecule has 0 bridgehead atoms. The van der Waals surface area contributed by atoms with Crippen molar-refractivity contribution in [2.75, 3.05) is 16.9 Å². The Morgan fingerprint density at radius 3 is 2.58 bits per heavy atom. The number of hydrogen-bond donors (Lipinski definition) is 4. The first-order valence-electron chi connectivity index (χ1n) is 10.5. The van der Waals surface area contributed by atoms with Gasteiger partial charge in [-0.15, -0.1) is 5.10 Å². The van der Waals surface area contributed by atoms with Crippen LogP contribution in [0.4, 0.5) is 15.6 Å². The third-order valence-electron chi connectivity index (χ3n) is 5.19. The van der Waals surface area contributed by atoms with Crippen LogP contribution < -0.4 is 15.4 Å². The van der Waals surface area contributed by atoms with E-state index in [1.807, 2.05) is 0 Å². The lowest BCUT2D eigenvalue weighted by Crippen LogP contribution is -2.23. The second-order valence-corrected chi connectivity index (χ2v) is 12.8. The lowest BCUT2D eigenvalue weighted by molar-refractivity contribution is 0.0917. The van der Waals surface area contributed by atoms with Crippen molar-refractivity contribution in [2.24, 2.45) is 5.92 Å². The van der Waals surface area contributed by atoms with E-state index in [4.69, 9.17) is 0 Å². The largest absolute Gasteiger partial charge is 0.325 e. The minimum Gasteiger partial charge on any atom is -0.308 e. The van der Waals surface area contributed by atoms with Crippen LogP contribution in [0, 0.1) is 5.92 Å². The van der Waals surface area contributed by atoms with Gasteiger partial charge in [-0.25, -0.2) is 31.3 Å². The Morgan fingerprint density at radius 1 is 1.17 bits per heavy atom. The van der Waals surface area contributed by atoms with Crippen molar-refractivity contribution in [3.63, 3.8) is 0 Å². The van der Waals surface area contributed by atoms with Crippen molar-refractivity contribution in [3.8, 4) is 0 Å². The van der Waals surface area contributed by atoms with Crippen LogP contribution >= 0.6 is 11.3 Å². The number of aromatic amines is 1. The van der Waals surface area contributed by atoms with Crippen LogP contribution in [0.1, 0.15) is 41.9 Å². The van der Waals surface area contributed by atoms with E-state index in [-0.39, 0.29) is 32.4 Å². The predicted octanol–water partition coefficient (Wildman–Crippen LogP) is 0.950. The van der Waals surface area contributed by atoms with Crippen LogP contribution in [-0.2, 0) is 26.4 Å². The molecule has 2 amide bonds. The highest BCUT2D eigenvalue weighted by Crippen LogP contribution is 2.31. The van der Waals surface area contributed by atoms with Crippen LogP contribution in [0.3, 0.4) is 0 Å². The second-order valence-electron chi connectivity index (χ2n) is 7.90. The summed E-state index contributed by atoms with van der Waals surface area (Å²) in [7, 11) is -7.98. The standard InChI is InChI=1S/C18H21N9O6S3/c1-35(30,31)20-9-13-15(36(32,33)18-24-26-27-25-18)34-17(22-13)23-16(29)21-11-6-7-19-12(8-11)14(28)10-4-2-3-5-10/h6-8,10,20H,2-5,9H2,1H3,(H,24,25,26,27)(H2,19,21,22,23,29). The molecular weight excluding hydrogens is 534 g/mol. The van der Waals surface area contributed by atoms with Crippen LogP contribution in [0.25, 0.3) is 0 Å². The van der Waals surface area contributed by atoms with Gasteiger partial charge in [0.05, 0.1) is 18.5 Å². The number of aromatic nitrogens is 6. The first kappa shape index (κ1) is 25.7. The summed E-state index contributed by atoms with van der Waals surface area (Å²) in [6.45, 7) is -0.456. The van der Waals surface area contributed by atoms with E-state index in [1.165, 1.54) is 18.3 Å². The number of ketones is 1. The number of H-pyrrole nitrogens is 1. The zero-order chi connectivity index (χ0) is 25.9. The summed E-state index contributed by atoms with van der Waals surface area (Å²) in [4.78, 5) is 33.4. The molecule has 15 nitrogen and oxygen atoms in total. The fourth-order valence-corrected chi connectivity index (χ4v) is 6.47. The monoisotopic (exact) mass is 555 g/mol. The molecule has 0 spiro atoms. The molecule has 1 aliphatic rings. The number of sulfone groups is 1. The van der Waals surface area contributed by atoms with E-state index >= 15 is 0 Å². The lowest BCUT2D eigenvalue weighted by Gasteiger charge is -2.09. The van der Waals surface area contributed by atoms with Gasteiger partial charge in [0.2, 0.25) is 10.0 Å². The molecule has 4 rings (SSSR count). The van der Waals surface area contributed by atoms with Gasteiger partial charge < -0.3 is 5.32 Å². The SMILES string of the molecule is CS(=O)(=O)NCc1nc(NC(=O)Nc2ccnc(C(=O)C3CCCC3)c2)sc1S(=O)(=O)c1nn[nH]n1. The molecule has 0 atom stereocenters. The number of nitrogens with one attached hydrogen (secondary N) is 4. The molecule has 1 aliphatic carbocycles. The fourth-order valence-electron chi connectivity index (χ4n) is 3.56. The number of rotatable bonds is 9. The van der Waals surface area contributed by atoms with Crippen molar-refractivity contribution >= 4 is 53.8 Å². The smallest absolute Gasteiger partial charge is 0.308 e. The number of carbonyl (C=O) groups is 2. The maximum atomic E-state index is 12.9. The van der Waals surface area contributed by atoms with Gasteiger partial charge in [0.15, 0.2) is 15.1 Å². The average molecular weight is 556 g/mol. The van der Waals surface area contributed by atoms with Gasteiger partial charge >= 0.3 is 6.03 Å². The fraction of sp³-hybridized carbons (Fsp3) is 0.389. The van der Waals surface area contributed by atoms with Crippen molar-refractivity contribution in [1.29, 1.82) is 0 Å². The van der Waals surface area contributed by atoms with Gasteiger partial charge in [-0.3, -0.25) is 15.1 Å². The van der Waals surface area contributed by atoms with Gasteiger partial charge in [-0.2, -0.15) is 5.21 Å². The maximum Gasteiger partial charge on any atom is 0.325 e. The summed E-state index contributed by atoms with van der Waals surface area (Å²) in [6.07, 6.45) is 5.93. The van der Waals surface area contributed by atoms with Crippen molar-refractivity contribution < 1.29 is 26.4 Å². The average Bonchev–Trinajstić information content (AvgIpc) is 3.59. The molecular formula is C18H21N9O6S3. The number of Topliss-reactive ketones (excluding diaryl/α,β-unsaturated/α-hetero) is 1. The summed E-state index contributed by atoms with van der Waals surface area (Å²) in [6, 6.07) is 2.20. The van der Waals surface area contributed by atoms with Crippen LogP contribution in [-0.4, -0.2) is 65.5 Å². The molecule has 36 heavy (non-hydrogen) atoms. The van der Waals surface area contributed by atoms with E-state index in [2.05, 4.69) is 45.9 Å². The van der Waals surface area contributed by atoms with Crippen LogP contribution in [0.15, 0.2) is 27.7 Å². The highest BCUT2D eigenvalue weighted by molar-refractivity contribution is 7.93. The number of anilines is 2. The summed E-state index contributed by atoms with van der Waals surface area (Å²) in [5.74, 6) is -0.147. The molecule has 0 aromatic carbocycles. The zero-order valence-electron chi connectivity index (χ0n) is 18.8. The molecule has 0 saturated heterocycles. The van der Waals surface area contributed by atoms with Gasteiger partial charge in [0, 0.05) is 17.8 Å². The Kier molecular flexibility index (Phi) is 7.38. The third kappa shape index (κ3) is 6.07. The minimum atomic E-state index is -4.30. The van der Waals surface area contributed by atoms with E-state index in [1.54, 1.807) is 0 Å². The number of tetrazole rings is 1. The number of hydrogen-bond acceptors (Lipinski definition) is 12. The molecule has 1 fully saturated rings. The van der Waals surface area contributed by atoms with E-state index in [9.17, 15) is 26.4 Å². The van der Waals surface area contributed by atoms with Gasteiger partial charge in [-0.1, -0.05) is 29.3 Å². The van der Waals surface area contributed by atoms with Crippen molar-refractivity contribution in [3.05, 3.63) is 29.7 Å². The van der Waals surface area contributed by atoms with Crippen LogP contribution in [0.2, 0.25) is 0 Å². The molecule has 192 valence electrons. The number of nitrogens with zero attached hydrogens (tertiary/aromatic N) is 5. The Hall–Kier alpha value is -3.35. The molecule has 0 unspecified atom stereocenters. The molecule has 3 aromatic rings. The maximum absolute atomic E-state index is 12.9. The van der Waals surface area contributed by atoms with Crippen LogP contribution in [0.5, 0.6) is 0 Å². The summed E-state index contributed by atoms with van der Waals surface area (Å²) in [5, 5.41) is 16.4. The quantitative estimate of drug-likeness (QED) is 0.272. The van der Waals surface area contributed by atoms with Gasteiger partial charge in [0.1, 0.15) is 5.69 Å². The number of amides is 2. The van der Waals surface area contributed by atoms with E-state index in [0.29, 0.717) is 17.0 Å². The van der Waals surface area contributed by atoms with Gasteiger partial charge in [0.25, 0.3) is 15.0 Å². The zero-order valence-corrected chi connectivity index (χ0v) is 21.2. The molecule has 18 heteroatoms. The Labute approximate surface area is 209 Å². The summed E-state index contributed by atoms with van der Waals surface area (Å²) in [5.41, 5.74) is 0.384. The minimum absolute atomic E-state index is 0.0733. The Morgan fingerprint density at radius 2 is 1.92 bits per heavy atom. The highest BCUT2D eigenvalue weighted by Gasteiger charge is 2.30. The topological polar surface area (TPSA) is 219 Å². The number of pyridine rings is 1. The Bertz CT molecular complexity index is 1480. The third-order valence-corrected chi connectivity index (χ3v) is 8.95. The normalized spacial score (nSPS) is 14.6. The van der Waals surface area contributed by atoms with Crippen molar-refractivity contribution in [2.45, 2.75) is 41.6 Å². The molecule has 4 N–H and O–H groups in total. The highest BCUT2D eigenvalue weighted by atomic mass is 32.2. The number of thiazole rings is 1. The number of carbonyl (C=O) groups excluding carboxylic acids is 2. The first-order chi connectivity index (χ1) is 17.0. The predicted molar refractivity (Wildman–Crippen MR) is 127 cm³/mol. The molecule has 0 aliphatic heterocycles. The molecule has 3 aromatic heterocycles. The molecule has 3 heterocycles. The van der Waals surface area contributed by atoms with E-state index in [0.717, 1.165) is 31.9 Å². The van der Waals surface area contributed by atoms with Crippen molar-refractivity contribution in [1.82, 2.24) is 35.3 Å². The number of urea groups is 1. The molecule has 1 saturated carbocycles. The van der Waals surface area contributed by atoms with Gasteiger partial charge in [-0.05, 0) is 30.2 Å². The Balaban J connectivity index is 1.52. The van der Waals surface area contributed by atoms with E-state index < -0.39 is 37.6 Å². The first-order valence-corrected chi connectivity index (χ1v) is 14.7. The second kappa shape index (κ2) is 10.3. The number of sulfonamides is 1. The molecule has 0 radical (unpaired) electrons. The summed E-state index contributed by atoms with van der Waals surface area (Å²) >= 11 is 0.585. The lowest BCUT2D eigenvalue weighted by atomic mass is 9.99. The summed E-state index contributed by atoms with van der Waals surface area (Å²) < 4.78 is 50.6.